The molecule has 2 heterocycles. The Kier molecular flexibility index (Phi) is 6.66. The molecule has 0 radical (unpaired) electrons. The summed E-state index contributed by atoms with van der Waals surface area (Å²) in [6.07, 6.45) is -3.07. The SMILES string of the molecule is CC(C)c1ccc(C(F)(F)F)nc1.CC(C)c1cccc(F)n1. The van der Waals surface area contributed by atoms with E-state index in [0.717, 1.165) is 17.3 Å². The first-order chi connectivity index (χ1) is 10.6. The largest absolute Gasteiger partial charge is 0.433 e. The van der Waals surface area contributed by atoms with Crippen molar-refractivity contribution in [3.8, 4) is 0 Å². The second-order valence-electron chi connectivity index (χ2n) is 5.67. The van der Waals surface area contributed by atoms with Crippen molar-refractivity contribution in [3.63, 3.8) is 0 Å². The van der Waals surface area contributed by atoms with Gasteiger partial charge >= 0.3 is 6.18 Å². The number of halogens is 4. The molecule has 0 aliphatic carbocycles. The van der Waals surface area contributed by atoms with Crippen molar-refractivity contribution < 1.29 is 17.6 Å². The Morgan fingerprint density at radius 2 is 1.57 bits per heavy atom. The van der Waals surface area contributed by atoms with Gasteiger partial charge in [-0.15, -0.1) is 0 Å². The summed E-state index contributed by atoms with van der Waals surface area (Å²) in [5.41, 5.74) is 0.782. The monoisotopic (exact) mass is 328 g/mol. The summed E-state index contributed by atoms with van der Waals surface area (Å²) in [6.45, 7) is 7.79. The molecule has 0 fully saturated rings. The van der Waals surface area contributed by atoms with Crippen LogP contribution in [-0.2, 0) is 6.18 Å². The fourth-order valence-corrected chi connectivity index (χ4v) is 1.66. The number of hydrogen-bond donors (Lipinski definition) is 0. The summed E-state index contributed by atoms with van der Waals surface area (Å²) < 4.78 is 48.6. The predicted molar refractivity (Wildman–Crippen MR) is 81.6 cm³/mol. The summed E-state index contributed by atoms with van der Waals surface area (Å²) in [5.74, 6) is 0.108. The lowest BCUT2D eigenvalue weighted by molar-refractivity contribution is -0.141. The predicted octanol–water partition coefficient (Wildman–Crippen LogP) is 5.57. The number of pyridine rings is 2. The van der Waals surface area contributed by atoms with E-state index in [1.165, 1.54) is 18.3 Å². The second-order valence-corrected chi connectivity index (χ2v) is 5.67. The molecule has 0 saturated heterocycles. The molecule has 0 bridgehead atoms. The highest BCUT2D eigenvalue weighted by Gasteiger charge is 2.32. The lowest BCUT2D eigenvalue weighted by Crippen LogP contribution is -2.07. The third-order valence-corrected chi connectivity index (χ3v) is 3.07. The van der Waals surface area contributed by atoms with E-state index in [-0.39, 0.29) is 5.92 Å². The van der Waals surface area contributed by atoms with Crippen molar-refractivity contribution >= 4 is 0 Å². The molecule has 2 aromatic rings. The van der Waals surface area contributed by atoms with Gasteiger partial charge < -0.3 is 0 Å². The Labute approximate surface area is 133 Å². The molecule has 0 unspecified atom stereocenters. The van der Waals surface area contributed by atoms with Crippen LogP contribution >= 0.6 is 0 Å². The van der Waals surface area contributed by atoms with Gasteiger partial charge in [0.15, 0.2) is 0 Å². The molecule has 2 nitrogen and oxygen atoms in total. The molecule has 23 heavy (non-hydrogen) atoms. The molecular weight excluding hydrogens is 308 g/mol. The van der Waals surface area contributed by atoms with Crippen molar-refractivity contribution in [3.05, 3.63) is 59.4 Å². The van der Waals surface area contributed by atoms with Gasteiger partial charge in [-0.05, 0) is 35.6 Å². The summed E-state index contributed by atoms with van der Waals surface area (Å²) >= 11 is 0. The van der Waals surface area contributed by atoms with Crippen molar-refractivity contribution in [2.24, 2.45) is 0 Å². The molecule has 0 N–H and O–H groups in total. The summed E-state index contributed by atoms with van der Waals surface area (Å²) in [7, 11) is 0. The van der Waals surface area contributed by atoms with Crippen molar-refractivity contribution in [1.29, 1.82) is 0 Å². The molecule has 0 aliphatic heterocycles. The number of nitrogens with zero attached hydrogens (tertiary/aromatic N) is 2. The minimum absolute atomic E-state index is 0.204. The molecular formula is C17H20F4N2. The van der Waals surface area contributed by atoms with Crippen LogP contribution in [-0.4, -0.2) is 9.97 Å². The smallest absolute Gasteiger partial charge is 0.251 e. The zero-order valence-electron chi connectivity index (χ0n) is 13.5. The molecule has 2 aromatic heterocycles. The van der Waals surface area contributed by atoms with E-state index < -0.39 is 17.8 Å². The van der Waals surface area contributed by atoms with Gasteiger partial charge in [-0.2, -0.15) is 17.6 Å². The first-order valence-corrected chi connectivity index (χ1v) is 7.27. The van der Waals surface area contributed by atoms with E-state index in [0.29, 0.717) is 5.92 Å². The van der Waals surface area contributed by atoms with Gasteiger partial charge in [-0.1, -0.05) is 39.8 Å². The van der Waals surface area contributed by atoms with E-state index in [2.05, 4.69) is 9.97 Å². The van der Waals surface area contributed by atoms with E-state index in [9.17, 15) is 17.6 Å². The van der Waals surface area contributed by atoms with Crippen LogP contribution in [0.15, 0.2) is 36.5 Å². The maximum atomic E-state index is 12.4. The van der Waals surface area contributed by atoms with E-state index >= 15 is 0 Å². The van der Waals surface area contributed by atoms with Gasteiger partial charge in [-0.3, -0.25) is 4.98 Å². The molecule has 0 aromatic carbocycles. The Hall–Kier alpha value is -1.98. The second kappa shape index (κ2) is 8.04. The first-order valence-electron chi connectivity index (χ1n) is 7.27. The fourth-order valence-electron chi connectivity index (χ4n) is 1.66. The van der Waals surface area contributed by atoms with Gasteiger partial charge in [-0.25, -0.2) is 4.98 Å². The van der Waals surface area contributed by atoms with Crippen LogP contribution in [0.4, 0.5) is 17.6 Å². The summed E-state index contributed by atoms with van der Waals surface area (Å²) in [5, 5.41) is 0. The Morgan fingerprint density at radius 1 is 0.913 bits per heavy atom. The van der Waals surface area contributed by atoms with Crippen LogP contribution in [0.5, 0.6) is 0 Å². The van der Waals surface area contributed by atoms with Gasteiger partial charge in [0, 0.05) is 11.9 Å². The molecule has 0 amide bonds. The average molecular weight is 328 g/mol. The zero-order chi connectivity index (χ0) is 17.6. The minimum atomic E-state index is -4.34. The Morgan fingerprint density at radius 3 is 1.91 bits per heavy atom. The van der Waals surface area contributed by atoms with E-state index in [4.69, 9.17) is 0 Å². The third kappa shape index (κ3) is 6.34. The van der Waals surface area contributed by atoms with Gasteiger partial charge in [0.25, 0.3) is 0 Å². The van der Waals surface area contributed by atoms with E-state index in [1.807, 2.05) is 33.8 Å². The normalized spacial score (nSPS) is 11.4. The molecule has 2 rings (SSSR count). The Balaban J connectivity index is 0.000000238. The lowest BCUT2D eigenvalue weighted by Gasteiger charge is -2.07. The van der Waals surface area contributed by atoms with Crippen LogP contribution in [0.25, 0.3) is 0 Å². The highest BCUT2D eigenvalue weighted by molar-refractivity contribution is 5.18. The van der Waals surface area contributed by atoms with Crippen LogP contribution < -0.4 is 0 Å². The number of alkyl halides is 3. The quantitative estimate of drug-likeness (QED) is 0.532. The highest BCUT2D eigenvalue weighted by atomic mass is 19.4. The minimum Gasteiger partial charge on any atom is -0.251 e. The third-order valence-electron chi connectivity index (χ3n) is 3.07. The van der Waals surface area contributed by atoms with Gasteiger partial charge in [0.2, 0.25) is 5.95 Å². The maximum Gasteiger partial charge on any atom is 0.433 e. The number of rotatable bonds is 2. The standard InChI is InChI=1S/C9H10F3N.C8H10FN/c1-6(2)7-3-4-8(13-5-7)9(10,11)12;1-6(2)7-4-3-5-8(9)10-7/h3-6H,1-2H3;3-6H,1-2H3. The first kappa shape index (κ1) is 19.1. The lowest BCUT2D eigenvalue weighted by atomic mass is 10.1. The molecule has 126 valence electrons. The fraction of sp³-hybridized carbons (Fsp3) is 0.412. The molecule has 0 spiro atoms. The number of aromatic nitrogens is 2. The Bertz CT molecular complexity index is 605. The topological polar surface area (TPSA) is 25.8 Å². The van der Waals surface area contributed by atoms with Crippen molar-refractivity contribution in [2.75, 3.05) is 0 Å². The van der Waals surface area contributed by atoms with E-state index in [1.54, 1.807) is 6.07 Å². The van der Waals surface area contributed by atoms with Gasteiger partial charge in [0.1, 0.15) is 5.69 Å². The van der Waals surface area contributed by atoms with Crippen LogP contribution in [0.2, 0.25) is 0 Å². The molecule has 6 heteroatoms. The van der Waals surface area contributed by atoms with Crippen molar-refractivity contribution in [2.45, 2.75) is 45.7 Å². The highest BCUT2D eigenvalue weighted by Crippen LogP contribution is 2.27. The average Bonchev–Trinajstić information content (AvgIpc) is 2.47. The maximum absolute atomic E-state index is 12.4. The molecule has 0 atom stereocenters. The zero-order valence-corrected chi connectivity index (χ0v) is 13.5. The molecule has 0 saturated carbocycles. The molecule has 0 aliphatic rings. The van der Waals surface area contributed by atoms with Gasteiger partial charge in [0.05, 0.1) is 0 Å². The van der Waals surface area contributed by atoms with Crippen LogP contribution in [0.1, 0.15) is 56.5 Å². The summed E-state index contributed by atoms with van der Waals surface area (Å²) in [6, 6.07) is 7.33. The van der Waals surface area contributed by atoms with Crippen LogP contribution in [0.3, 0.4) is 0 Å². The summed E-state index contributed by atoms with van der Waals surface area (Å²) in [4.78, 5) is 7.05. The van der Waals surface area contributed by atoms with Crippen molar-refractivity contribution in [1.82, 2.24) is 9.97 Å². The van der Waals surface area contributed by atoms with Crippen LogP contribution in [0, 0.1) is 5.95 Å². The number of hydrogen-bond acceptors (Lipinski definition) is 2.